The lowest BCUT2D eigenvalue weighted by molar-refractivity contribution is -0.138. The Hall–Kier alpha value is -1.59. The van der Waals surface area contributed by atoms with Gasteiger partial charge >= 0.3 is 5.97 Å². The van der Waals surface area contributed by atoms with E-state index in [1.54, 1.807) is 6.92 Å². The first kappa shape index (κ1) is 10.4. The van der Waals surface area contributed by atoms with Crippen LogP contribution in [0.2, 0.25) is 0 Å². The zero-order valence-electron chi connectivity index (χ0n) is 6.89. The van der Waals surface area contributed by atoms with Gasteiger partial charge in [0.25, 0.3) is 0 Å². The van der Waals surface area contributed by atoms with Crippen LogP contribution >= 0.6 is 0 Å². The molecule has 4 nitrogen and oxygen atoms in total. The molecule has 0 heterocycles. The Morgan fingerprint density at radius 2 is 2.33 bits per heavy atom. The third kappa shape index (κ3) is 3.55. The summed E-state index contributed by atoms with van der Waals surface area (Å²) in [5.41, 5.74) is 0.124. The molecule has 0 aliphatic carbocycles. The first-order chi connectivity index (χ1) is 5.76. The molecular formula is C8H10N2O2. The summed E-state index contributed by atoms with van der Waals surface area (Å²) < 4.78 is 4.62. The highest BCUT2D eigenvalue weighted by molar-refractivity contribution is 5.97. The summed E-state index contributed by atoms with van der Waals surface area (Å²) in [5, 5.41) is 15.0. The normalized spacial score (nSPS) is 8.00. The van der Waals surface area contributed by atoms with Crippen LogP contribution in [-0.2, 0) is 9.53 Å². The molecule has 0 aliphatic rings. The first-order valence-electron chi connectivity index (χ1n) is 3.58. The molecule has 0 spiro atoms. The van der Waals surface area contributed by atoms with Crippen LogP contribution in [0, 0.1) is 16.7 Å². The van der Waals surface area contributed by atoms with Gasteiger partial charge in [-0.25, -0.2) is 4.79 Å². The van der Waals surface area contributed by atoms with Crippen LogP contribution in [0.5, 0.6) is 0 Å². The number of esters is 1. The summed E-state index contributed by atoms with van der Waals surface area (Å²) in [6.45, 7) is 1.96. The summed E-state index contributed by atoms with van der Waals surface area (Å²) in [6, 6.07) is 1.88. The van der Waals surface area contributed by atoms with Crippen molar-refractivity contribution in [3.05, 3.63) is 5.57 Å². The van der Waals surface area contributed by atoms with Gasteiger partial charge in [0.1, 0.15) is 0 Å². The Balaban J connectivity index is 4.10. The molecule has 12 heavy (non-hydrogen) atoms. The Labute approximate surface area is 71.0 Å². The third-order valence-corrected chi connectivity index (χ3v) is 1.16. The monoisotopic (exact) mass is 166 g/mol. The lowest BCUT2D eigenvalue weighted by atomic mass is 10.2. The standard InChI is InChI=1S/C8H10N2O2/c1-2-12-8(11)7(6-10)4-3-5-9/h10H,2-4H2,1H3. The molecule has 0 aromatic rings. The lowest BCUT2D eigenvalue weighted by Crippen LogP contribution is -2.07. The maximum Gasteiger partial charge on any atom is 0.343 e. The van der Waals surface area contributed by atoms with Gasteiger partial charge < -0.3 is 4.74 Å². The van der Waals surface area contributed by atoms with Gasteiger partial charge in [0.15, 0.2) is 0 Å². The molecule has 0 amide bonds. The second kappa shape index (κ2) is 6.14. The fourth-order valence-electron chi connectivity index (χ4n) is 0.615. The predicted molar refractivity (Wildman–Crippen MR) is 42.7 cm³/mol. The van der Waals surface area contributed by atoms with E-state index in [1.165, 1.54) is 0 Å². The second-order valence-corrected chi connectivity index (χ2v) is 1.98. The van der Waals surface area contributed by atoms with E-state index in [4.69, 9.17) is 10.7 Å². The average molecular weight is 166 g/mol. The van der Waals surface area contributed by atoms with Gasteiger partial charge in [-0.2, -0.15) is 5.26 Å². The van der Waals surface area contributed by atoms with Crippen molar-refractivity contribution in [3.8, 4) is 6.07 Å². The van der Waals surface area contributed by atoms with Crippen LogP contribution in [0.25, 0.3) is 0 Å². The Morgan fingerprint density at radius 1 is 1.67 bits per heavy atom. The number of hydrogen-bond donors (Lipinski definition) is 1. The largest absolute Gasteiger partial charge is 0.462 e. The predicted octanol–water partition coefficient (Wildman–Crippen LogP) is 1.03. The number of rotatable bonds is 4. The van der Waals surface area contributed by atoms with E-state index in [9.17, 15) is 4.79 Å². The van der Waals surface area contributed by atoms with Crippen LogP contribution in [0.3, 0.4) is 0 Å². The zero-order valence-corrected chi connectivity index (χ0v) is 6.89. The molecule has 0 aliphatic heterocycles. The molecule has 0 saturated carbocycles. The molecule has 1 N–H and O–H groups in total. The van der Waals surface area contributed by atoms with Gasteiger partial charge in [0.05, 0.1) is 18.2 Å². The Bertz CT molecular complexity index is 246. The molecule has 0 bridgehead atoms. The van der Waals surface area contributed by atoms with Crippen molar-refractivity contribution in [1.82, 2.24) is 0 Å². The highest BCUT2D eigenvalue weighted by Gasteiger charge is 2.09. The summed E-state index contributed by atoms with van der Waals surface area (Å²) in [6.07, 6.45) is 0.443. The van der Waals surface area contributed by atoms with Crippen molar-refractivity contribution in [2.45, 2.75) is 19.8 Å². The van der Waals surface area contributed by atoms with E-state index in [0.717, 1.165) is 0 Å². The van der Waals surface area contributed by atoms with Gasteiger partial charge in [0.2, 0.25) is 0 Å². The Kier molecular flexibility index (Phi) is 5.33. The van der Waals surface area contributed by atoms with Gasteiger partial charge in [0, 0.05) is 12.8 Å². The lowest BCUT2D eigenvalue weighted by Gasteiger charge is -2.00. The van der Waals surface area contributed by atoms with Gasteiger partial charge in [-0.05, 0) is 12.8 Å². The number of ether oxygens (including phenoxy) is 1. The molecule has 4 heteroatoms. The third-order valence-electron chi connectivity index (χ3n) is 1.16. The molecule has 0 aromatic heterocycles. The topological polar surface area (TPSA) is 73.9 Å². The SMILES string of the molecule is CCOC(=O)C(=C=N)CCC#N. The van der Waals surface area contributed by atoms with Crippen molar-refractivity contribution >= 4 is 11.8 Å². The van der Waals surface area contributed by atoms with E-state index < -0.39 is 5.97 Å². The molecule has 0 fully saturated rings. The van der Waals surface area contributed by atoms with Crippen molar-refractivity contribution in [1.29, 1.82) is 10.7 Å². The second-order valence-electron chi connectivity index (χ2n) is 1.98. The number of carbonyl (C=O) groups excluding carboxylic acids is 1. The quantitative estimate of drug-likeness (QED) is 0.385. The number of nitriles is 1. The highest BCUT2D eigenvalue weighted by atomic mass is 16.5. The Morgan fingerprint density at radius 3 is 2.75 bits per heavy atom. The fraction of sp³-hybridized carbons (Fsp3) is 0.500. The molecular weight excluding hydrogens is 156 g/mol. The van der Waals surface area contributed by atoms with Crippen LogP contribution in [0.4, 0.5) is 0 Å². The minimum Gasteiger partial charge on any atom is -0.462 e. The zero-order chi connectivity index (χ0) is 9.40. The molecule has 0 rings (SSSR count). The van der Waals surface area contributed by atoms with Crippen molar-refractivity contribution in [2.24, 2.45) is 0 Å². The van der Waals surface area contributed by atoms with Crippen LogP contribution in [0.15, 0.2) is 5.57 Å². The average Bonchev–Trinajstić information content (AvgIpc) is 2.06. The maximum atomic E-state index is 10.9. The summed E-state index contributed by atoms with van der Waals surface area (Å²) in [5.74, 6) is 1.41. The number of carbonyl (C=O) groups is 1. The van der Waals surface area contributed by atoms with E-state index in [0.29, 0.717) is 0 Å². The highest BCUT2D eigenvalue weighted by Crippen LogP contribution is 2.02. The van der Waals surface area contributed by atoms with Crippen molar-refractivity contribution < 1.29 is 9.53 Å². The van der Waals surface area contributed by atoms with Crippen LogP contribution in [0.1, 0.15) is 19.8 Å². The number of nitrogens with zero attached hydrogens (tertiary/aromatic N) is 1. The van der Waals surface area contributed by atoms with Crippen LogP contribution in [-0.4, -0.2) is 18.4 Å². The maximum absolute atomic E-state index is 10.9. The fourth-order valence-corrected chi connectivity index (χ4v) is 0.615. The number of nitrogens with one attached hydrogen (secondary N) is 1. The van der Waals surface area contributed by atoms with Crippen LogP contribution < -0.4 is 0 Å². The van der Waals surface area contributed by atoms with Gasteiger partial charge in [-0.15, -0.1) is 0 Å². The molecule has 64 valence electrons. The van der Waals surface area contributed by atoms with Crippen molar-refractivity contribution in [2.75, 3.05) is 6.61 Å². The summed E-state index contributed by atoms with van der Waals surface area (Å²) >= 11 is 0. The van der Waals surface area contributed by atoms with E-state index in [2.05, 4.69) is 4.74 Å². The van der Waals surface area contributed by atoms with Gasteiger partial charge in [-0.1, -0.05) is 0 Å². The summed E-state index contributed by atoms with van der Waals surface area (Å²) in [7, 11) is 0. The number of hydrogen-bond acceptors (Lipinski definition) is 4. The molecule has 0 atom stereocenters. The molecule has 0 unspecified atom stereocenters. The first-order valence-corrected chi connectivity index (χ1v) is 3.58. The van der Waals surface area contributed by atoms with E-state index >= 15 is 0 Å². The van der Waals surface area contributed by atoms with Gasteiger partial charge in [-0.3, -0.25) is 5.41 Å². The molecule has 0 radical (unpaired) electrons. The summed E-state index contributed by atoms with van der Waals surface area (Å²) in [4.78, 5) is 10.9. The minimum absolute atomic E-state index is 0.124. The van der Waals surface area contributed by atoms with E-state index in [-0.39, 0.29) is 25.0 Å². The van der Waals surface area contributed by atoms with E-state index in [1.807, 2.05) is 11.9 Å². The molecule has 0 saturated heterocycles. The molecule has 0 aromatic carbocycles. The van der Waals surface area contributed by atoms with Crippen molar-refractivity contribution in [3.63, 3.8) is 0 Å². The minimum atomic E-state index is -0.553. The smallest absolute Gasteiger partial charge is 0.343 e.